The van der Waals surface area contributed by atoms with Gasteiger partial charge in [0.2, 0.25) is 0 Å². The average Bonchev–Trinajstić information content (AvgIpc) is 2.76. The molecule has 98 valence electrons. The van der Waals surface area contributed by atoms with Crippen molar-refractivity contribution in [3.63, 3.8) is 0 Å². The SMILES string of the molecule is N#Cc1cn(CCCCCC(=O)O)c2ccccc12. The van der Waals surface area contributed by atoms with Crippen LogP contribution in [0.15, 0.2) is 30.5 Å². The Morgan fingerprint density at radius 3 is 2.79 bits per heavy atom. The molecule has 0 unspecified atom stereocenters. The number of aromatic nitrogens is 1. The lowest BCUT2D eigenvalue weighted by molar-refractivity contribution is -0.137. The number of carboxylic acids is 1. The van der Waals surface area contributed by atoms with Gasteiger partial charge in [-0.3, -0.25) is 4.79 Å². The maximum absolute atomic E-state index is 10.4. The molecule has 0 atom stereocenters. The van der Waals surface area contributed by atoms with E-state index in [2.05, 4.69) is 10.6 Å². The van der Waals surface area contributed by atoms with E-state index in [1.54, 1.807) is 0 Å². The summed E-state index contributed by atoms with van der Waals surface area (Å²) in [5.41, 5.74) is 1.76. The summed E-state index contributed by atoms with van der Waals surface area (Å²) in [4.78, 5) is 10.4. The standard InChI is InChI=1S/C15H16N2O2/c16-10-12-11-17(9-5-1-2-8-15(18)19)14-7-4-3-6-13(12)14/h3-4,6-7,11H,1-2,5,8-9H2,(H,18,19). The van der Waals surface area contributed by atoms with Crippen LogP contribution in [0.3, 0.4) is 0 Å². The molecule has 0 aliphatic carbocycles. The van der Waals surface area contributed by atoms with Crippen LogP contribution in [0.4, 0.5) is 0 Å². The zero-order valence-corrected chi connectivity index (χ0v) is 10.7. The van der Waals surface area contributed by atoms with Gasteiger partial charge in [0.15, 0.2) is 0 Å². The molecule has 1 heterocycles. The van der Waals surface area contributed by atoms with E-state index in [1.165, 1.54) is 0 Å². The van der Waals surface area contributed by atoms with Crippen molar-refractivity contribution in [1.29, 1.82) is 5.26 Å². The van der Waals surface area contributed by atoms with Crippen LogP contribution in [-0.4, -0.2) is 15.6 Å². The van der Waals surface area contributed by atoms with Gasteiger partial charge in [-0.2, -0.15) is 5.26 Å². The van der Waals surface area contributed by atoms with Crippen molar-refractivity contribution < 1.29 is 9.90 Å². The Bertz CT molecular complexity index is 623. The predicted molar refractivity (Wildman–Crippen MR) is 72.8 cm³/mol. The van der Waals surface area contributed by atoms with Gasteiger partial charge in [0.1, 0.15) is 6.07 Å². The lowest BCUT2D eigenvalue weighted by atomic mass is 10.2. The monoisotopic (exact) mass is 256 g/mol. The second kappa shape index (κ2) is 6.05. The molecule has 0 aliphatic heterocycles. The molecular weight excluding hydrogens is 240 g/mol. The van der Waals surface area contributed by atoms with Gasteiger partial charge in [0.25, 0.3) is 0 Å². The van der Waals surface area contributed by atoms with Crippen LogP contribution < -0.4 is 0 Å². The summed E-state index contributed by atoms with van der Waals surface area (Å²) in [7, 11) is 0. The summed E-state index contributed by atoms with van der Waals surface area (Å²) < 4.78 is 2.08. The lowest BCUT2D eigenvalue weighted by Crippen LogP contribution is -1.98. The zero-order chi connectivity index (χ0) is 13.7. The molecule has 4 nitrogen and oxygen atoms in total. The van der Waals surface area contributed by atoms with Crippen molar-refractivity contribution in [2.24, 2.45) is 0 Å². The minimum absolute atomic E-state index is 0.232. The number of para-hydroxylation sites is 1. The Balaban J connectivity index is 2.01. The minimum atomic E-state index is -0.738. The highest BCUT2D eigenvalue weighted by molar-refractivity contribution is 5.86. The van der Waals surface area contributed by atoms with E-state index in [1.807, 2.05) is 30.5 Å². The zero-order valence-electron chi connectivity index (χ0n) is 10.7. The normalized spacial score (nSPS) is 10.5. The summed E-state index contributed by atoms with van der Waals surface area (Å²) in [5.74, 6) is -0.738. The third kappa shape index (κ3) is 3.14. The molecule has 2 aromatic rings. The molecule has 0 spiro atoms. The summed E-state index contributed by atoms with van der Waals surface area (Å²) in [6, 6.07) is 10.1. The minimum Gasteiger partial charge on any atom is -0.481 e. The predicted octanol–water partition coefficient (Wildman–Crippen LogP) is 3.16. The number of aliphatic carboxylic acids is 1. The van der Waals surface area contributed by atoms with Gasteiger partial charge >= 0.3 is 5.97 Å². The number of aryl methyl sites for hydroxylation is 1. The number of hydrogen-bond donors (Lipinski definition) is 1. The summed E-state index contributed by atoms with van der Waals surface area (Å²) in [6.45, 7) is 0.821. The number of benzene rings is 1. The molecule has 0 saturated heterocycles. The molecule has 4 heteroatoms. The fraction of sp³-hybridized carbons (Fsp3) is 0.333. The van der Waals surface area contributed by atoms with Gasteiger partial charge in [-0.05, 0) is 18.9 Å². The van der Waals surface area contributed by atoms with Crippen molar-refractivity contribution in [1.82, 2.24) is 4.57 Å². The highest BCUT2D eigenvalue weighted by Gasteiger charge is 2.06. The molecular formula is C15H16N2O2. The van der Waals surface area contributed by atoms with Crippen LogP contribution in [0.25, 0.3) is 10.9 Å². The van der Waals surface area contributed by atoms with Crippen molar-refractivity contribution in [2.45, 2.75) is 32.2 Å². The fourth-order valence-electron chi connectivity index (χ4n) is 2.26. The van der Waals surface area contributed by atoms with E-state index in [4.69, 9.17) is 10.4 Å². The van der Waals surface area contributed by atoms with Crippen molar-refractivity contribution in [2.75, 3.05) is 0 Å². The van der Waals surface area contributed by atoms with E-state index >= 15 is 0 Å². The molecule has 2 rings (SSSR count). The van der Waals surface area contributed by atoms with E-state index in [0.29, 0.717) is 12.0 Å². The van der Waals surface area contributed by atoms with Crippen LogP contribution >= 0.6 is 0 Å². The van der Waals surface area contributed by atoms with E-state index in [0.717, 1.165) is 30.3 Å². The Kier molecular flexibility index (Phi) is 4.19. The molecule has 19 heavy (non-hydrogen) atoms. The fourth-order valence-corrected chi connectivity index (χ4v) is 2.26. The van der Waals surface area contributed by atoms with E-state index in [9.17, 15) is 4.79 Å². The van der Waals surface area contributed by atoms with Gasteiger partial charge in [-0.25, -0.2) is 0 Å². The van der Waals surface area contributed by atoms with Gasteiger partial charge in [0, 0.05) is 30.1 Å². The van der Waals surface area contributed by atoms with Gasteiger partial charge in [0.05, 0.1) is 5.56 Å². The summed E-state index contributed by atoms with van der Waals surface area (Å²) in [5, 5.41) is 18.6. The molecule has 0 aliphatic rings. The number of nitrogens with zero attached hydrogens (tertiary/aromatic N) is 2. The van der Waals surface area contributed by atoms with E-state index in [-0.39, 0.29) is 6.42 Å². The van der Waals surface area contributed by atoms with Crippen molar-refractivity contribution in [3.8, 4) is 6.07 Å². The topological polar surface area (TPSA) is 66.0 Å². The Morgan fingerprint density at radius 2 is 2.05 bits per heavy atom. The number of unbranched alkanes of at least 4 members (excludes halogenated alkanes) is 2. The third-order valence-electron chi connectivity index (χ3n) is 3.20. The summed E-state index contributed by atoms with van der Waals surface area (Å²) in [6.07, 6.45) is 4.63. The first-order valence-electron chi connectivity index (χ1n) is 6.42. The second-order valence-electron chi connectivity index (χ2n) is 4.57. The molecule has 0 saturated carbocycles. The Morgan fingerprint density at radius 1 is 1.26 bits per heavy atom. The highest BCUT2D eigenvalue weighted by Crippen LogP contribution is 2.21. The number of hydrogen-bond acceptors (Lipinski definition) is 2. The van der Waals surface area contributed by atoms with Crippen LogP contribution in [-0.2, 0) is 11.3 Å². The molecule has 0 radical (unpaired) electrons. The maximum Gasteiger partial charge on any atom is 0.303 e. The molecule has 1 aromatic carbocycles. The molecule has 1 N–H and O–H groups in total. The largest absolute Gasteiger partial charge is 0.481 e. The Hall–Kier alpha value is -2.28. The molecule has 0 bridgehead atoms. The number of fused-ring (bicyclic) bond motifs is 1. The molecule has 0 amide bonds. The number of rotatable bonds is 6. The van der Waals surface area contributed by atoms with Gasteiger partial charge in [-0.15, -0.1) is 0 Å². The molecule has 0 fully saturated rings. The quantitative estimate of drug-likeness (QED) is 0.807. The van der Waals surface area contributed by atoms with Gasteiger partial charge < -0.3 is 9.67 Å². The van der Waals surface area contributed by atoms with Crippen LogP contribution in [0, 0.1) is 11.3 Å². The first-order chi connectivity index (χ1) is 9.22. The average molecular weight is 256 g/mol. The highest BCUT2D eigenvalue weighted by atomic mass is 16.4. The van der Waals surface area contributed by atoms with Gasteiger partial charge in [-0.1, -0.05) is 24.6 Å². The third-order valence-corrected chi connectivity index (χ3v) is 3.20. The summed E-state index contributed by atoms with van der Waals surface area (Å²) >= 11 is 0. The first kappa shape index (κ1) is 13.2. The Labute approximate surface area is 111 Å². The second-order valence-corrected chi connectivity index (χ2v) is 4.57. The van der Waals surface area contributed by atoms with Crippen LogP contribution in [0.2, 0.25) is 0 Å². The number of carboxylic acid groups (broad SMARTS) is 1. The smallest absolute Gasteiger partial charge is 0.303 e. The number of nitriles is 1. The van der Waals surface area contributed by atoms with E-state index < -0.39 is 5.97 Å². The maximum atomic E-state index is 10.4. The lowest BCUT2D eigenvalue weighted by Gasteiger charge is -2.04. The first-order valence-corrected chi connectivity index (χ1v) is 6.42. The van der Waals surface area contributed by atoms with Crippen LogP contribution in [0.1, 0.15) is 31.2 Å². The van der Waals surface area contributed by atoms with Crippen LogP contribution in [0.5, 0.6) is 0 Å². The number of carbonyl (C=O) groups is 1. The van der Waals surface area contributed by atoms with Crippen molar-refractivity contribution >= 4 is 16.9 Å². The molecule has 1 aromatic heterocycles. The van der Waals surface area contributed by atoms with Crippen molar-refractivity contribution in [3.05, 3.63) is 36.0 Å².